The molecule has 0 fully saturated rings. The fourth-order valence-electron chi connectivity index (χ4n) is 2.77. The SMILES string of the molecule is O=S(=O)(CCCC(F)(F)C(F)(F)C(F)(F)C(F)(F)F)OCCCCOS(=O)(=O)CCCC(F)(F)C(F)(F)C(F)(F)C(F)(F)F. The molecule has 0 aromatic rings. The van der Waals surface area contributed by atoms with E-state index in [9.17, 15) is 95.9 Å². The molecular weight excluding hydrogens is 718 g/mol. The van der Waals surface area contributed by atoms with Crippen molar-refractivity contribution in [1.29, 1.82) is 0 Å². The second-order valence-electron chi connectivity index (χ2n) is 8.78. The molecule has 0 rings (SSSR count). The molecule has 0 heterocycles. The van der Waals surface area contributed by atoms with Crippen molar-refractivity contribution in [2.75, 3.05) is 24.7 Å². The van der Waals surface area contributed by atoms with Crippen LogP contribution < -0.4 is 0 Å². The van der Waals surface area contributed by atoms with Gasteiger partial charge in [-0.05, 0) is 25.7 Å². The van der Waals surface area contributed by atoms with E-state index in [1.165, 1.54) is 0 Å². The van der Waals surface area contributed by atoms with E-state index in [1.54, 1.807) is 0 Å². The van der Waals surface area contributed by atoms with Crippen LogP contribution in [-0.4, -0.2) is 89.4 Å². The molecule has 0 bridgehead atoms. The summed E-state index contributed by atoms with van der Waals surface area (Å²) in [6, 6.07) is 0. The van der Waals surface area contributed by atoms with E-state index < -0.39 is 131 Å². The van der Waals surface area contributed by atoms with Gasteiger partial charge in [0.25, 0.3) is 20.2 Å². The molecule has 0 aromatic carbocycles. The molecule has 0 atom stereocenters. The van der Waals surface area contributed by atoms with Crippen LogP contribution >= 0.6 is 0 Å². The summed E-state index contributed by atoms with van der Waals surface area (Å²) in [5.74, 6) is -43.5. The minimum Gasteiger partial charge on any atom is -0.270 e. The zero-order valence-electron chi connectivity index (χ0n) is 21.1. The normalized spacial score (nSPS) is 15.6. The Hall–Kier alpha value is -1.44. The molecule has 0 spiro atoms. The number of hydrogen-bond acceptors (Lipinski definition) is 6. The van der Waals surface area contributed by atoms with E-state index in [2.05, 4.69) is 8.37 Å². The average molecular weight is 738 g/mol. The van der Waals surface area contributed by atoms with Gasteiger partial charge in [0, 0.05) is 12.8 Å². The molecule has 0 aliphatic heterocycles. The summed E-state index contributed by atoms with van der Waals surface area (Å²) in [5.41, 5.74) is 0. The highest BCUT2D eigenvalue weighted by Gasteiger charge is 2.82. The quantitative estimate of drug-likeness (QED) is 0.0810. The van der Waals surface area contributed by atoms with Crippen molar-refractivity contribution in [3.05, 3.63) is 0 Å². The highest BCUT2D eigenvalue weighted by molar-refractivity contribution is 7.86. The van der Waals surface area contributed by atoms with Crippen LogP contribution in [0.3, 0.4) is 0 Å². The summed E-state index contributed by atoms with van der Waals surface area (Å²) >= 11 is 0. The molecule has 0 aliphatic carbocycles. The molecular formula is C18H20F18O6S2. The van der Waals surface area contributed by atoms with Crippen LogP contribution in [-0.2, 0) is 28.6 Å². The predicted molar refractivity (Wildman–Crippen MR) is 109 cm³/mol. The van der Waals surface area contributed by atoms with Crippen molar-refractivity contribution in [2.24, 2.45) is 0 Å². The van der Waals surface area contributed by atoms with Crippen LogP contribution in [0.2, 0.25) is 0 Å². The van der Waals surface area contributed by atoms with Crippen LogP contribution in [0.1, 0.15) is 38.5 Å². The highest BCUT2D eigenvalue weighted by atomic mass is 32.2. The van der Waals surface area contributed by atoms with Gasteiger partial charge in [-0.3, -0.25) is 8.37 Å². The molecule has 0 radical (unpaired) electrons. The van der Waals surface area contributed by atoms with Gasteiger partial charge in [-0.25, -0.2) is 0 Å². The third kappa shape index (κ3) is 10.0. The summed E-state index contributed by atoms with van der Waals surface area (Å²) < 4.78 is 284. The van der Waals surface area contributed by atoms with Crippen molar-refractivity contribution in [1.82, 2.24) is 0 Å². The van der Waals surface area contributed by atoms with Gasteiger partial charge in [-0.2, -0.15) is 95.9 Å². The molecule has 6 nitrogen and oxygen atoms in total. The summed E-state index contributed by atoms with van der Waals surface area (Å²) in [5, 5.41) is 0. The van der Waals surface area contributed by atoms with E-state index >= 15 is 0 Å². The third-order valence-corrected chi connectivity index (χ3v) is 7.88. The Bertz CT molecular complexity index is 1060. The molecule has 266 valence electrons. The Morgan fingerprint density at radius 2 is 0.636 bits per heavy atom. The van der Waals surface area contributed by atoms with Crippen LogP contribution in [0.25, 0.3) is 0 Å². The van der Waals surface area contributed by atoms with Crippen LogP contribution in [0.15, 0.2) is 0 Å². The minimum atomic E-state index is -7.18. The molecule has 0 saturated heterocycles. The smallest absolute Gasteiger partial charge is 0.270 e. The molecule has 0 amide bonds. The average Bonchev–Trinajstić information content (AvgIpc) is 2.78. The molecule has 0 aromatic heterocycles. The maximum absolute atomic E-state index is 13.4. The molecule has 26 heteroatoms. The first kappa shape index (κ1) is 42.6. The van der Waals surface area contributed by atoms with Gasteiger partial charge >= 0.3 is 47.9 Å². The first-order chi connectivity index (χ1) is 19.1. The highest BCUT2D eigenvalue weighted by Crippen LogP contribution is 2.55. The van der Waals surface area contributed by atoms with Gasteiger partial charge in [0.15, 0.2) is 0 Å². The Kier molecular flexibility index (Phi) is 13.3. The molecule has 44 heavy (non-hydrogen) atoms. The first-order valence-corrected chi connectivity index (χ1v) is 14.4. The summed E-state index contributed by atoms with van der Waals surface area (Å²) in [4.78, 5) is 0. The third-order valence-electron chi connectivity index (χ3n) is 5.25. The zero-order chi connectivity index (χ0) is 35.5. The van der Waals surface area contributed by atoms with E-state index in [-0.39, 0.29) is 0 Å². The Morgan fingerprint density at radius 1 is 0.386 bits per heavy atom. The van der Waals surface area contributed by atoms with Crippen molar-refractivity contribution >= 4 is 20.2 Å². The van der Waals surface area contributed by atoms with Gasteiger partial charge in [-0.1, -0.05) is 0 Å². The Balaban J connectivity index is 4.68. The van der Waals surface area contributed by atoms with Crippen molar-refractivity contribution in [2.45, 2.75) is 86.4 Å². The Labute approximate surface area is 236 Å². The fraction of sp³-hybridized carbons (Fsp3) is 1.00. The molecule has 0 aliphatic rings. The van der Waals surface area contributed by atoms with E-state index in [4.69, 9.17) is 0 Å². The van der Waals surface area contributed by atoms with Gasteiger partial charge < -0.3 is 0 Å². The summed E-state index contributed by atoms with van der Waals surface area (Å²) in [7, 11) is -9.78. The van der Waals surface area contributed by atoms with Gasteiger partial charge in [0.1, 0.15) is 0 Å². The monoisotopic (exact) mass is 738 g/mol. The maximum atomic E-state index is 13.4. The zero-order valence-corrected chi connectivity index (χ0v) is 22.8. The summed E-state index contributed by atoms with van der Waals surface area (Å²) in [6.07, 6.45) is -23.3. The number of unbranched alkanes of at least 4 members (excludes halogenated alkanes) is 1. The lowest BCUT2D eigenvalue weighted by Gasteiger charge is -2.33. The Morgan fingerprint density at radius 3 is 0.864 bits per heavy atom. The van der Waals surface area contributed by atoms with E-state index in [0.29, 0.717) is 0 Å². The largest absolute Gasteiger partial charge is 0.460 e. The fourth-order valence-corrected chi connectivity index (χ4v) is 4.74. The second kappa shape index (κ2) is 13.7. The number of rotatable bonds is 19. The lowest BCUT2D eigenvalue weighted by Crippen LogP contribution is -2.60. The van der Waals surface area contributed by atoms with Gasteiger partial charge in [0.2, 0.25) is 0 Å². The van der Waals surface area contributed by atoms with Gasteiger partial charge in [-0.15, -0.1) is 0 Å². The lowest BCUT2D eigenvalue weighted by molar-refractivity contribution is -0.396. The lowest BCUT2D eigenvalue weighted by atomic mass is 10.00. The van der Waals surface area contributed by atoms with Crippen LogP contribution in [0.5, 0.6) is 0 Å². The van der Waals surface area contributed by atoms with Crippen LogP contribution in [0.4, 0.5) is 79.0 Å². The van der Waals surface area contributed by atoms with Gasteiger partial charge in [0.05, 0.1) is 24.7 Å². The van der Waals surface area contributed by atoms with Crippen molar-refractivity contribution < 1.29 is 104 Å². The number of hydrogen-bond donors (Lipinski definition) is 0. The molecule has 0 saturated carbocycles. The molecule has 0 N–H and O–H groups in total. The standard InChI is InChI=1S/C18H20F18O6S2/c19-11(20,13(23,24)15(27,28)17(31,32)33)5-3-9-43(37,38)41-7-1-2-8-42-44(39,40)10-4-6-12(21,22)14(25,26)16(29,30)18(34,35)36/h1-10H2. The topological polar surface area (TPSA) is 86.7 Å². The van der Waals surface area contributed by atoms with Crippen LogP contribution in [0, 0.1) is 0 Å². The van der Waals surface area contributed by atoms with E-state index in [1.807, 2.05) is 0 Å². The van der Waals surface area contributed by atoms with E-state index in [0.717, 1.165) is 0 Å². The number of halogens is 18. The van der Waals surface area contributed by atoms with Crippen molar-refractivity contribution in [3.8, 4) is 0 Å². The maximum Gasteiger partial charge on any atom is 0.460 e. The first-order valence-electron chi connectivity index (χ1n) is 11.3. The van der Waals surface area contributed by atoms with Crippen molar-refractivity contribution in [3.63, 3.8) is 0 Å². The second-order valence-corrected chi connectivity index (χ2v) is 12.3. The summed E-state index contributed by atoms with van der Waals surface area (Å²) in [6.45, 7) is -1.83. The number of alkyl halides is 18. The minimum absolute atomic E-state index is 0.488. The molecule has 0 unspecified atom stereocenters. The predicted octanol–water partition coefficient (Wildman–Crippen LogP) is 6.96.